The fourth-order valence-electron chi connectivity index (χ4n) is 2.07. The number of esters is 1. The summed E-state index contributed by atoms with van der Waals surface area (Å²) in [5, 5.41) is 10.5. The van der Waals surface area contributed by atoms with Gasteiger partial charge in [-0.1, -0.05) is 69.9 Å². The van der Waals surface area contributed by atoms with Crippen LogP contribution < -0.4 is 29.6 Å². The quantitative estimate of drug-likeness (QED) is 0.232. The molecule has 4 aromatic rings. The minimum atomic E-state index is -0.999. The number of hydrogen-bond donors (Lipinski definition) is 1. The molecular weight excluding hydrogens is 657 g/mol. The maximum absolute atomic E-state index is 11.3. The Morgan fingerprint density at radius 1 is 0.784 bits per heavy atom. The van der Waals surface area contributed by atoms with Crippen LogP contribution in [0, 0.1) is 0 Å². The Hall–Kier alpha value is -0.680. The van der Waals surface area contributed by atoms with Crippen molar-refractivity contribution in [2.75, 3.05) is 7.11 Å². The third kappa shape index (κ3) is 9.78. The molecule has 0 fully saturated rings. The minimum absolute atomic E-state index is 0. The average molecular weight is 668 g/mol. The van der Waals surface area contributed by atoms with Gasteiger partial charge in [0.05, 0.1) is 49.4 Å². The number of carboxylic acid groups (broad SMARTS) is 1. The molecule has 0 aliphatic rings. The molecule has 0 bridgehead atoms. The fraction of sp³-hybridized carbons (Fsp3) is 0.0526. The van der Waals surface area contributed by atoms with Gasteiger partial charge >= 0.3 is 41.5 Å². The maximum Gasteiger partial charge on any atom is 1.00 e. The van der Waals surface area contributed by atoms with Crippen molar-refractivity contribution in [3.8, 4) is 0 Å². The summed E-state index contributed by atoms with van der Waals surface area (Å²) in [4.78, 5) is 39.7. The van der Waals surface area contributed by atoms with Gasteiger partial charge in [-0.2, -0.15) is 0 Å². The monoisotopic (exact) mass is 666 g/mol. The zero-order chi connectivity index (χ0) is 25.5. The molecule has 37 heavy (non-hydrogen) atoms. The molecule has 0 aliphatic heterocycles. The SMILES string of the molecule is COC(=O)c1cnc(Sc2c(Cl)cncc2Cl)s1.O=C(O)c1cnc(Sc2c(Cl)cncc2Cl)s1.[Na+].[OH-]. The molecule has 0 atom stereocenters. The van der Waals surface area contributed by atoms with Crippen molar-refractivity contribution in [1.29, 1.82) is 0 Å². The number of aromatic carboxylic acids is 1. The van der Waals surface area contributed by atoms with Gasteiger partial charge in [0.1, 0.15) is 9.75 Å². The van der Waals surface area contributed by atoms with Gasteiger partial charge in [-0.25, -0.2) is 19.6 Å². The molecule has 0 aromatic carbocycles. The molecule has 0 unspecified atom stereocenters. The van der Waals surface area contributed by atoms with Crippen molar-refractivity contribution in [2.24, 2.45) is 0 Å². The summed E-state index contributed by atoms with van der Waals surface area (Å²) >= 11 is 28.7. The third-order valence-electron chi connectivity index (χ3n) is 3.56. The van der Waals surface area contributed by atoms with Crippen LogP contribution in [0.25, 0.3) is 0 Å². The minimum Gasteiger partial charge on any atom is -0.870 e. The number of rotatable bonds is 6. The molecule has 9 nitrogen and oxygen atoms in total. The van der Waals surface area contributed by atoms with Gasteiger partial charge in [0, 0.05) is 24.8 Å². The second-order valence-corrected chi connectivity index (χ2v) is 12.1. The standard InChI is InChI=1S/C10H6Cl2N2O2S2.C9H4Cl2N2O2S2.Na.H2O/c1-16-9(15)7-4-14-10(17-7)18-8-5(11)2-13-3-6(8)12;10-4-1-12-2-5(11)7(4)17-9-13-3-6(16-9)8(14)15;;/h2-4H,1H3;1-3H,(H,14,15);;1H2/q;;+1;/p-1. The van der Waals surface area contributed by atoms with Crippen molar-refractivity contribution in [3.63, 3.8) is 0 Å². The van der Waals surface area contributed by atoms with E-state index in [9.17, 15) is 9.59 Å². The topological polar surface area (TPSA) is 145 Å². The van der Waals surface area contributed by atoms with Crippen molar-refractivity contribution in [2.45, 2.75) is 18.5 Å². The molecule has 0 aliphatic carbocycles. The second-order valence-electron chi connectivity index (χ2n) is 5.85. The van der Waals surface area contributed by atoms with Gasteiger partial charge in [0.2, 0.25) is 0 Å². The number of thiazole rings is 2. The van der Waals surface area contributed by atoms with Gasteiger partial charge in [0.15, 0.2) is 8.68 Å². The molecule has 190 valence electrons. The summed E-state index contributed by atoms with van der Waals surface area (Å²) in [6.45, 7) is 0. The number of carbonyl (C=O) groups excluding carboxylic acids is 1. The molecule has 0 saturated heterocycles. The van der Waals surface area contributed by atoms with Crippen LogP contribution in [-0.4, -0.2) is 49.6 Å². The summed E-state index contributed by atoms with van der Waals surface area (Å²) in [5.74, 6) is -1.41. The van der Waals surface area contributed by atoms with Crippen LogP contribution in [0.15, 0.2) is 55.7 Å². The number of hydrogen-bond acceptors (Lipinski definition) is 12. The Morgan fingerprint density at radius 3 is 1.51 bits per heavy atom. The zero-order valence-electron chi connectivity index (χ0n) is 18.5. The van der Waals surface area contributed by atoms with E-state index in [4.69, 9.17) is 51.5 Å². The van der Waals surface area contributed by atoms with E-state index >= 15 is 0 Å². The Bertz CT molecular complexity index is 1340. The van der Waals surface area contributed by atoms with E-state index in [1.807, 2.05) is 0 Å². The van der Waals surface area contributed by atoms with E-state index in [0.717, 1.165) is 11.3 Å². The van der Waals surface area contributed by atoms with Crippen molar-refractivity contribution < 1.29 is 54.5 Å². The number of aromatic nitrogens is 4. The number of methoxy groups -OCH3 is 1. The fourth-order valence-corrected chi connectivity index (χ4v) is 6.85. The summed E-state index contributed by atoms with van der Waals surface area (Å²) in [6.07, 6.45) is 8.72. The van der Waals surface area contributed by atoms with Crippen LogP contribution in [0.3, 0.4) is 0 Å². The number of carboxylic acids is 1. The van der Waals surface area contributed by atoms with Crippen LogP contribution >= 0.6 is 92.6 Å². The predicted molar refractivity (Wildman–Crippen MR) is 141 cm³/mol. The Morgan fingerprint density at radius 2 is 1.16 bits per heavy atom. The molecule has 4 heterocycles. The number of ether oxygens (including phenoxy) is 1. The van der Waals surface area contributed by atoms with Crippen molar-refractivity contribution in [3.05, 3.63) is 67.0 Å². The van der Waals surface area contributed by atoms with Crippen LogP contribution in [0.4, 0.5) is 0 Å². The summed E-state index contributed by atoms with van der Waals surface area (Å²) in [6, 6.07) is 0. The van der Waals surface area contributed by atoms with Gasteiger partial charge < -0.3 is 15.3 Å². The van der Waals surface area contributed by atoms with E-state index in [1.54, 1.807) is 0 Å². The van der Waals surface area contributed by atoms with Gasteiger partial charge in [0.25, 0.3) is 0 Å². The Balaban J connectivity index is 0.000000351. The summed E-state index contributed by atoms with van der Waals surface area (Å²) in [5.41, 5.74) is 0. The number of carbonyl (C=O) groups is 2. The second kappa shape index (κ2) is 16.4. The first kappa shape index (κ1) is 34.3. The molecule has 0 saturated carbocycles. The largest absolute Gasteiger partial charge is 1.00 e. The predicted octanol–water partition coefficient (Wildman–Crippen LogP) is 4.30. The van der Waals surface area contributed by atoms with E-state index < -0.39 is 11.9 Å². The van der Waals surface area contributed by atoms with Gasteiger partial charge in [-0.05, 0) is 0 Å². The molecule has 0 spiro atoms. The molecule has 18 heteroatoms. The van der Waals surface area contributed by atoms with E-state index in [1.165, 1.54) is 79.2 Å². The molecule has 0 amide bonds. The van der Waals surface area contributed by atoms with E-state index in [2.05, 4.69) is 24.7 Å². The Labute approximate surface area is 268 Å². The summed E-state index contributed by atoms with van der Waals surface area (Å²) < 4.78 is 5.83. The van der Waals surface area contributed by atoms with E-state index in [-0.39, 0.29) is 39.9 Å². The summed E-state index contributed by atoms with van der Waals surface area (Å²) in [7, 11) is 1.32. The van der Waals surface area contributed by atoms with Crippen LogP contribution in [0.5, 0.6) is 0 Å². The third-order valence-corrected chi connectivity index (χ3v) is 9.56. The molecule has 4 rings (SSSR count). The number of halogens is 4. The maximum atomic E-state index is 11.3. The zero-order valence-corrected chi connectivity index (χ0v) is 26.8. The first-order valence-electron chi connectivity index (χ1n) is 8.86. The first-order valence-corrected chi connectivity index (χ1v) is 13.6. The van der Waals surface area contributed by atoms with Crippen LogP contribution in [0.1, 0.15) is 19.3 Å². The molecular formula is C19H11Cl4N4NaO5S4. The van der Waals surface area contributed by atoms with Crippen molar-refractivity contribution >= 4 is 105 Å². The smallest absolute Gasteiger partial charge is 0.870 e. The molecule has 2 N–H and O–H groups in total. The Kier molecular flexibility index (Phi) is 15.3. The van der Waals surface area contributed by atoms with Gasteiger partial charge in [-0.3, -0.25) is 9.97 Å². The van der Waals surface area contributed by atoms with Gasteiger partial charge in [-0.15, -0.1) is 22.7 Å². The average Bonchev–Trinajstić information content (AvgIpc) is 3.49. The van der Waals surface area contributed by atoms with Crippen LogP contribution in [0.2, 0.25) is 20.1 Å². The first-order chi connectivity index (χ1) is 16.7. The number of pyridine rings is 2. The number of nitrogens with zero attached hydrogens (tertiary/aromatic N) is 4. The molecule has 0 radical (unpaired) electrons. The van der Waals surface area contributed by atoms with Crippen LogP contribution in [-0.2, 0) is 4.74 Å². The van der Waals surface area contributed by atoms with Crippen molar-refractivity contribution in [1.82, 2.24) is 19.9 Å². The molecule has 4 aromatic heterocycles. The van der Waals surface area contributed by atoms with E-state index in [0.29, 0.717) is 43.4 Å². The normalized spacial score (nSPS) is 9.86.